The fourth-order valence-corrected chi connectivity index (χ4v) is 3.30. The van der Waals surface area contributed by atoms with Crippen LogP contribution in [0, 0.1) is 5.92 Å². The second-order valence-corrected chi connectivity index (χ2v) is 9.04. The molecule has 0 aliphatic heterocycles. The summed E-state index contributed by atoms with van der Waals surface area (Å²) in [6.07, 6.45) is 1.09. The molecule has 28 heavy (non-hydrogen) atoms. The van der Waals surface area contributed by atoms with Gasteiger partial charge in [0.15, 0.2) is 0 Å². The molecule has 2 aromatic rings. The van der Waals surface area contributed by atoms with Crippen molar-refractivity contribution in [3.05, 3.63) is 60.2 Å². The number of nitrogens with one attached hydrogen (secondary N) is 1. The number of ether oxygens (including phenoxy) is 1. The zero-order chi connectivity index (χ0) is 20.7. The van der Waals surface area contributed by atoms with E-state index in [-0.39, 0.29) is 24.4 Å². The average Bonchev–Trinajstić information content (AvgIpc) is 2.65. The maximum atomic E-state index is 12.3. The first kappa shape index (κ1) is 21.8. The average molecular weight is 405 g/mol. The minimum absolute atomic E-state index is 0.0392. The summed E-state index contributed by atoms with van der Waals surface area (Å²) in [5.74, 6) is 0.548. The summed E-state index contributed by atoms with van der Waals surface area (Å²) in [5, 5.41) is 2.83. The molecule has 0 aromatic heterocycles. The molecule has 2 aromatic carbocycles. The summed E-state index contributed by atoms with van der Waals surface area (Å²) in [6, 6.07) is 16.4. The van der Waals surface area contributed by atoms with E-state index in [4.69, 9.17) is 4.74 Å². The van der Waals surface area contributed by atoms with Gasteiger partial charge in [-0.05, 0) is 42.7 Å². The van der Waals surface area contributed by atoms with Crippen molar-refractivity contribution in [1.82, 2.24) is 5.32 Å². The van der Waals surface area contributed by atoms with Crippen molar-refractivity contribution >= 4 is 21.6 Å². The van der Waals surface area contributed by atoms with E-state index in [2.05, 4.69) is 5.32 Å². The van der Waals surface area contributed by atoms with Gasteiger partial charge in [0.05, 0.1) is 11.9 Å². The van der Waals surface area contributed by atoms with E-state index >= 15 is 0 Å². The lowest BCUT2D eigenvalue weighted by Gasteiger charge is -2.24. The van der Waals surface area contributed by atoms with Gasteiger partial charge in [-0.15, -0.1) is 0 Å². The first-order valence-electron chi connectivity index (χ1n) is 9.20. The van der Waals surface area contributed by atoms with Crippen molar-refractivity contribution in [3.8, 4) is 5.75 Å². The van der Waals surface area contributed by atoms with Crippen LogP contribution in [0.4, 0.5) is 5.69 Å². The van der Waals surface area contributed by atoms with Gasteiger partial charge in [0, 0.05) is 6.04 Å². The molecule has 0 radical (unpaired) electrons. The maximum absolute atomic E-state index is 12.3. The quantitative estimate of drug-likeness (QED) is 0.696. The molecule has 6 nitrogen and oxygen atoms in total. The van der Waals surface area contributed by atoms with Gasteiger partial charge in [-0.1, -0.05) is 44.2 Å². The zero-order valence-corrected chi connectivity index (χ0v) is 17.6. The van der Waals surface area contributed by atoms with Gasteiger partial charge in [-0.2, -0.15) is 0 Å². The Morgan fingerprint density at radius 2 is 1.64 bits per heavy atom. The van der Waals surface area contributed by atoms with Crippen LogP contribution in [0.5, 0.6) is 5.75 Å². The third-order valence-electron chi connectivity index (χ3n) is 4.45. The molecule has 0 saturated heterocycles. The van der Waals surface area contributed by atoms with Gasteiger partial charge in [0.25, 0.3) is 0 Å². The molecular weight excluding hydrogens is 376 g/mol. The molecule has 1 atom stereocenters. The molecule has 1 N–H and O–H groups in total. The van der Waals surface area contributed by atoms with E-state index < -0.39 is 10.0 Å². The Labute approximate surface area is 167 Å². The SMILES string of the molecule is CC(C)[C@H](C)NC(=O)CN(c1ccc(OCc2ccccc2)cc1)S(C)(=O)=O. The smallest absolute Gasteiger partial charge is 0.240 e. The lowest BCUT2D eigenvalue weighted by molar-refractivity contribution is -0.120. The van der Waals surface area contributed by atoms with E-state index in [1.165, 1.54) is 0 Å². The van der Waals surface area contributed by atoms with Crippen molar-refractivity contribution < 1.29 is 17.9 Å². The van der Waals surface area contributed by atoms with Crippen LogP contribution in [0.25, 0.3) is 0 Å². The summed E-state index contributed by atoms with van der Waals surface area (Å²) in [4.78, 5) is 12.3. The fourth-order valence-electron chi connectivity index (χ4n) is 2.45. The summed E-state index contributed by atoms with van der Waals surface area (Å²) in [6.45, 7) is 6.04. The van der Waals surface area contributed by atoms with Gasteiger partial charge < -0.3 is 10.1 Å². The molecule has 0 aliphatic rings. The summed E-state index contributed by atoms with van der Waals surface area (Å²) in [7, 11) is -3.61. The topological polar surface area (TPSA) is 75.7 Å². The van der Waals surface area contributed by atoms with Crippen molar-refractivity contribution in [1.29, 1.82) is 0 Å². The molecule has 0 heterocycles. The van der Waals surface area contributed by atoms with Crippen LogP contribution in [0.1, 0.15) is 26.3 Å². The minimum atomic E-state index is -3.61. The van der Waals surface area contributed by atoms with E-state index in [9.17, 15) is 13.2 Å². The highest BCUT2D eigenvalue weighted by molar-refractivity contribution is 7.92. The predicted molar refractivity (Wildman–Crippen MR) is 112 cm³/mol. The highest BCUT2D eigenvalue weighted by Gasteiger charge is 2.22. The van der Waals surface area contributed by atoms with Crippen LogP contribution in [0.3, 0.4) is 0 Å². The first-order valence-corrected chi connectivity index (χ1v) is 11.1. The molecule has 1 amide bonds. The molecule has 2 rings (SSSR count). The predicted octanol–water partition coefficient (Wildman–Crippen LogP) is 3.19. The maximum Gasteiger partial charge on any atom is 0.240 e. The van der Waals surface area contributed by atoms with Gasteiger partial charge in [0.1, 0.15) is 18.9 Å². The Bertz CT molecular complexity index is 865. The van der Waals surface area contributed by atoms with E-state index in [1.807, 2.05) is 51.1 Å². The standard InChI is InChI=1S/C21H28N2O4S/c1-16(2)17(3)22-21(24)14-23(28(4,25)26)19-10-12-20(13-11-19)27-15-18-8-6-5-7-9-18/h5-13,16-17H,14-15H2,1-4H3,(H,22,24)/t17-/m0/s1. The summed E-state index contributed by atoms with van der Waals surface area (Å²) >= 11 is 0. The lowest BCUT2D eigenvalue weighted by Crippen LogP contribution is -2.44. The van der Waals surface area contributed by atoms with Crippen LogP contribution >= 0.6 is 0 Å². The number of benzene rings is 2. The van der Waals surface area contributed by atoms with Crippen LogP contribution in [-0.4, -0.2) is 33.2 Å². The molecule has 152 valence electrons. The third kappa shape index (κ3) is 6.56. The van der Waals surface area contributed by atoms with Crippen LogP contribution in [0.2, 0.25) is 0 Å². The Morgan fingerprint density at radius 1 is 1.04 bits per heavy atom. The number of carbonyl (C=O) groups is 1. The highest BCUT2D eigenvalue weighted by atomic mass is 32.2. The van der Waals surface area contributed by atoms with Crippen LogP contribution in [0.15, 0.2) is 54.6 Å². The molecular formula is C21H28N2O4S. The molecule has 0 bridgehead atoms. The molecule has 0 spiro atoms. The third-order valence-corrected chi connectivity index (χ3v) is 5.59. The number of sulfonamides is 1. The first-order chi connectivity index (χ1) is 13.2. The largest absolute Gasteiger partial charge is 0.489 e. The zero-order valence-electron chi connectivity index (χ0n) is 16.8. The van der Waals surface area contributed by atoms with Gasteiger partial charge >= 0.3 is 0 Å². The molecule has 0 saturated carbocycles. The number of hydrogen-bond acceptors (Lipinski definition) is 4. The Kier molecular flexibility index (Phi) is 7.45. The van der Waals surface area contributed by atoms with E-state index in [0.29, 0.717) is 18.0 Å². The van der Waals surface area contributed by atoms with E-state index in [1.54, 1.807) is 24.3 Å². The van der Waals surface area contributed by atoms with Crippen molar-refractivity contribution in [3.63, 3.8) is 0 Å². The Morgan fingerprint density at radius 3 is 2.18 bits per heavy atom. The van der Waals surface area contributed by atoms with Gasteiger partial charge in [-0.25, -0.2) is 8.42 Å². The lowest BCUT2D eigenvalue weighted by atomic mass is 10.1. The normalized spacial score (nSPS) is 12.5. The Hall–Kier alpha value is -2.54. The monoisotopic (exact) mass is 404 g/mol. The number of amides is 1. The minimum Gasteiger partial charge on any atom is -0.489 e. The van der Waals surface area contributed by atoms with Gasteiger partial charge in [-0.3, -0.25) is 9.10 Å². The van der Waals surface area contributed by atoms with Gasteiger partial charge in [0.2, 0.25) is 15.9 Å². The molecule has 0 aliphatic carbocycles. The molecule has 7 heteroatoms. The van der Waals surface area contributed by atoms with Crippen LogP contribution in [-0.2, 0) is 21.4 Å². The number of rotatable bonds is 9. The summed E-state index contributed by atoms with van der Waals surface area (Å²) in [5.41, 5.74) is 1.46. The van der Waals surface area contributed by atoms with Crippen molar-refractivity contribution in [2.24, 2.45) is 5.92 Å². The van der Waals surface area contributed by atoms with Crippen LogP contribution < -0.4 is 14.4 Å². The molecule has 0 fully saturated rings. The fraction of sp³-hybridized carbons (Fsp3) is 0.381. The highest BCUT2D eigenvalue weighted by Crippen LogP contribution is 2.22. The van der Waals surface area contributed by atoms with Crippen molar-refractivity contribution in [2.45, 2.75) is 33.4 Å². The number of nitrogens with zero attached hydrogens (tertiary/aromatic N) is 1. The van der Waals surface area contributed by atoms with Crippen molar-refractivity contribution in [2.75, 3.05) is 17.1 Å². The molecule has 0 unspecified atom stereocenters. The Balaban J connectivity index is 2.06. The number of anilines is 1. The summed E-state index contributed by atoms with van der Waals surface area (Å²) < 4.78 is 31.2. The van der Waals surface area contributed by atoms with E-state index in [0.717, 1.165) is 16.1 Å². The number of carbonyl (C=O) groups excluding carboxylic acids is 1. The second kappa shape index (κ2) is 9.59. The second-order valence-electron chi connectivity index (χ2n) is 7.14. The number of hydrogen-bond donors (Lipinski definition) is 1.